The highest BCUT2D eigenvalue weighted by Gasteiger charge is 2.18. The van der Waals surface area contributed by atoms with Crippen molar-refractivity contribution in [2.45, 2.75) is 40.0 Å². The van der Waals surface area contributed by atoms with Gasteiger partial charge in [0.15, 0.2) is 5.96 Å². The molecule has 2 N–H and O–H groups in total. The molecule has 1 fully saturated rings. The number of aryl methyl sites for hydroxylation is 2. The number of carbonyl (C=O) groups excluding carboxylic acids is 1. The van der Waals surface area contributed by atoms with E-state index >= 15 is 0 Å². The van der Waals surface area contributed by atoms with Crippen molar-refractivity contribution < 1.29 is 9.53 Å². The van der Waals surface area contributed by atoms with Crippen LogP contribution in [0.5, 0.6) is 5.75 Å². The predicted octanol–water partition coefficient (Wildman–Crippen LogP) is 2.25. The van der Waals surface area contributed by atoms with Crippen LogP contribution in [0.4, 0.5) is 0 Å². The van der Waals surface area contributed by atoms with E-state index in [1.54, 1.807) is 0 Å². The van der Waals surface area contributed by atoms with Gasteiger partial charge in [-0.15, -0.1) is 0 Å². The Morgan fingerprint density at radius 2 is 2.04 bits per heavy atom. The number of amides is 1. The lowest BCUT2D eigenvalue weighted by atomic mass is 10.1. The van der Waals surface area contributed by atoms with E-state index in [0.29, 0.717) is 26.1 Å². The zero-order valence-corrected chi connectivity index (χ0v) is 16.3. The lowest BCUT2D eigenvalue weighted by Gasteiger charge is -2.15. The Morgan fingerprint density at radius 1 is 1.27 bits per heavy atom. The molecular formula is C20H32N4O2. The molecule has 1 saturated heterocycles. The summed E-state index contributed by atoms with van der Waals surface area (Å²) in [6.45, 7) is 10.7. The maximum Gasteiger partial charge on any atom is 0.222 e. The van der Waals surface area contributed by atoms with Gasteiger partial charge in [0.05, 0.1) is 6.54 Å². The highest BCUT2D eigenvalue weighted by atomic mass is 16.5. The van der Waals surface area contributed by atoms with Crippen molar-refractivity contribution in [1.82, 2.24) is 15.5 Å². The topological polar surface area (TPSA) is 66.0 Å². The lowest BCUT2D eigenvalue weighted by molar-refractivity contribution is -0.127. The van der Waals surface area contributed by atoms with E-state index in [2.05, 4.69) is 41.6 Å². The van der Waals surface area contributed by atoms with Gasteiger partial charge in [-0.05, 0) is 44.7 Å². The molecular weight excluding hydrogens is 328 g/mol. The number of ether oxygens (including phenoxy) is 1. The average Bonchev–Trinajstić information content (AvgIpc) is 3.02. The number of rotatable bonds is 9. The number of nitrogens with one attached hydrogen (secondary N) is 2. The zero-order valence-electron chi connectivity index (χ0n) is 16.3. The largest absolute Gasteiger partial charge is 0.491 e. The summed E-state index contributed by atoms with van der Waals surface area (Å²) in [6.07, 6.45) is 2.59. The van der Waals surface area contributed by atoms with Gasteiger partial charge in [0, 0.05) is 32.6 Å². The summed E-state index contributed by atoms with van der Waals surface area (Å²) in [5, 5.41) is 6.54. The number of carbonyl (C=O) groups is 1. The Kier molecular flexibility index (Phi) is 8.25. The van der Waals surface area contributed by atoms with Crippen LogP contribution < -0.4 is 15.4 Å². The van der Waals surface area contributed by atoms with Crippen molar-refractivity contribution in [3.8, 4) is 5.75 Å². The van der Waals surface area contributed by atoms with Crippen LogP contribution in [0.25, 0.3) is 0 Å². The number of hydrogen-bond donors (Lipinski definition) is 2. The summed E-state index contributed by atoms with van der Waals surface area (Å²) in [5.74, 6) is 2.04. The normalized spacial score (nSPS) is 14.7. The Hall–Kier alpha value is -2.24. The first-order chi connectivity index (χ1) is 12.6. The van der Waals surface area contributed by atoms with Gasteiger partial charge in [-0.2, -0.15) is 0 Å². The van der Waals surface area contributed by atoms with Crippen LogP contribution in [-0.4, -0.2) is 56.1 Å². The second-order valence-electron chi connectivity index (χ2n) is 6.59. The molecule has 0 bridgehead atoms. The summed E-state index contributed by atoms with van der Waals surface area (Å²) in [7, 11) is 0. The molecule has 6 heteroatoms. The fourth-order valence-corrected chi connectivity index (χ4v) is 3.08. The van der Waals surface area contributed by atoms with E-state index < -0.39 is 0 Å². The second kappa shape index (κ2) is 10.7. The maximum absolute atomic E-state index is 11.6. The molecule has 0 saturated carbocycles. The van der Waals surface area contributed by atoms with E-state index in [1.165, 1.54) is 0 Å². The maximum atomic E-state index is 11.6. The second-order valence-corrected chi connectivity index (χ2v) is 6.59. The zero-order chi connectivity index (χ0) is 18.8. The van der Waals surface area contributed by atoms with Crippen molar-refractivity contribution in [1.29, 1.82) is 0 Å². The monoisotopic (exact) mass is 360 g/mol. The van der Waals surface area contributed by atoms with Gasteiger partial charge in [0.2, 0.25) is 5.91 Å². The number of hydrogen-bond acceptors (Lipinski definition) is 3. The van der Waals surface area contributed by atoms with Gasteiger partial charge >= 0.3 is 0 Å². The number of para-hydroxylation sites is 1. The van der Waals surface area contributed by atoms with Gasteiger partial charge in [-0.25, -0.2) is 0 Å². The van der Waals surface area contributed by atoms with Crippen LogP contribution in [0.2, 0.25) is 0 Å². The van der Waals surface area contributed by atoms with E-state index in [1.807, 2.05) is 17.9 Å². The van der Waals surface area contributed by atoms with Gasteiger partial charge in [0.25, 0.3) is 0 Å². The summed E-state index contributed by atoms with van der Waals surface area (Å²) in [4.78, 5) is 18.1. The number of likely N-dealkylation sites (tertiary alicyclic amines) is 1. The van der Waals surface area contributed by atoms with Crippen LogP contribution in [0.3, 0.4) is 0 Å². The summed E-state index contributed by atoms with van der Waals surface area (Å²) < 4.78 is 5.91. The summed E-state index contributed by atoms with van der Waals surface area (Å²) >= 11 is 0. The highest BCUT2D eigenvalue weighted by Crippen LogP contribution is 2.21. The minimum absolute atomic E-state index is 0.280. The summed E-state index contributed by atoms with van der Waals surface area (Å²) in [6, 6.07) is 6.17. The molecule has 0 atom stereocenters. The average molecular weight is 361 g/mol. The molecule has 2 rings (SSSR count). The molecule has 1 aliphatic heterocycles. The van der Waals surface area contributed by atoms with Crippen molar-refractivity contribution >= 4 is 11.9 Å². The van der Waals surface area contributed by atoms with E-state index in [4.69, 9.17) is 4.74 Å². The smallest absolute Gasteiger partial charge is 0.222 e. The molecule has 144 valence electrons. The molecule has 6 nitrogen and oxygen atoms in total. The SMILES string of the molecule is CCNC(=NCCCN1CCCC1=O)NCCOc1c(C)cccc1C. The molecule has 1 aromatic rings. The molecule has 1 aromatic carbocycles. The Bertz CT molecular complexity index is 596. The minimum Gasteiger partial charge on any atom is -0.491 e. The fraction of sp³-hybridized carbons (Fsp3) is 0.600. The first kappa shape index (κ1) is 20.1. The summed E-state index contributed by atoms with van der Waals surface area (Å²) in [5.41, 5.74) is 2.31. The number of guanidine groups is 1. The van der Waals surface area contributed by atoms with E-state index in [-0.39, 0.29) is 5.91 Å². The first-order valence-electron chi connectivity index (χ1n) is 9.60. The Balaban J connectivity index is 1.70. The van der Waals surface area contributed by atoms with E-state index in [0.717, 1.165) is 55.3 Å². The van der Waals surface area contributed by atoms with Gasteiger partial charge in [0.1, 0.15) is 12.4 Å². The quantitative estimate of drug-likeness (QED) is 0.403. The number of aliphatic imine (C=N–C) groups is 1. The Labute approximate surface area is 157 Å². The molecule has 0 unspecified atom stereocenters. The van der Waals surface area contributed by atoms with Crippen LogP contribution in [0.15, 0.2) is 23.2 Å². The highest BCUT2D eigenvalue weighted by molar-refractivity contribution is 5.79. The third-order valence-corrected chi connectivity index (χ3v) is 4.42. The molecule has 0 aromatic heterocycles. The molecule has 0 aliphatic carbocycles. The van der Waals surface area contributed by atoms with E-state index in [9.17, 15) is 4.79 Å². The molecule has 1 aliphatic rings. The molecule has 1 amide bonds. The van der Waals surface area contributed by atoms with Crippen molar-refractivity contribution in [2.24, 2.45) is 4.99 Å². The van der Waals surface area contributed by atoms with Crippen LogP contribution in [0.1, 0.15) is 37.3 Å². The predicted molar refractivity (Wildman–Crippen MR) is 106 cm³/mol. The standard InChI is InChI=1S/C20H32N4O2/c1-4-21-20(22-11-7-14-24-13-6-10-18(24)25)23-12-15-26-19-16(2)8-5-9-17(19)3/h5,8-9H,4,6-7,10-15H2,1-3H3,(H2,21,22,23). The van der Waals surface area contributed by atoms with Crippen LogP contribution in [0, 0.1) is 13.8 Å². The third-order valence-electron chi connectivity index (χ3n) is 4.42. The fourth-order valence-electron chi connectivity index (χ4n) is 3.08. The third kappa shape index (κ3) is 6.24. The van der Waals surface area contributed by atoms with Crippen molar-refractivity contribution in [3.63, 3.8) is 0 Å². The lowest BCUT2D eigenvalue weighted by Crippen LogP contribution is -2.39. The minimum atomic E-state index is 0.280. The Morgan fingerprint density at radius 3 is 2.69 bits per heavy atom. The van der Waals surface area contributed by atoms with Crippen molar-refractivity contribution in [2.75, 3.05) is 39.3 Å². The molecule has 26 heavy (non-hydrogen) atoms. The van der Waals surface area contributed by atoms with Crippen LogP contribution in [-0.2, 0) is 4.79 Å². The molecule has 0 radical (unpaired) electrons. The molecule has 1 heterocycles. The van der Waals surface area contributed by atoms with Gasteiger partial charge < -0.3 is 20.3 Å². The van der Waals surface area contributed by atoms with Gasteiger partial charge in [-0.1, -0.05) is 18.2 Å². The molecule has 0 spiro atoms. The van der Waals surface area contributed by atoms with Crippen molar-refractivity contribution in [3.05, 3.63) is 29.3 Å². The van der Waals surface area contributed by atoms with Crippen LogP contribution >= 0.6 is 0 Å². The number of benzene rings is 1. The van der Waals surface area contributed by atoms with Gasteiger partial charge in [-0.3, -0.25) is 9.79 Å². The first-order valence-corrected chi connectivity index (χ1v) is 9.60. The number of nitrogens with zero attached hydrogens (tertiary/aromatic N) is 2.